The Hall–Kier alpha value is -0.380. The third-order valence-electron chi connectivity index (χ3n) is 2.70. The molecule has 1 aliphatic heterocycles. The molecule has 1 saturated heterocycles. The minimum Gasteiger partial charge on any atom is -0.387 e. The number of hydrogen-bond donors (Lipinski definition) is 2. The standard InChI is InChI=1S/C10H15NOS/c1-7-8(4-6-13-7)10(12)9-3-2-5-11-9/h4,6,9-12H,2-3,5H2,1H3/t9-,10?/m1/s1. The molecule has 1 aromatic heterocycles. The van der Waals surface area contributed by atoms with Gasteiger partial charge >= 0.3 is 0 Å². The van der Waals surface area contributed by atoms with E-state index >= 15 is 0 Å². The van der Waals surface area contributed by atoms with Gasteiger partial charge in [-0.15, -0.1) is 11.3 Å². The number of rotatable bonds is 2. The Morgan fingerprint density at radius 1 is 1.69 bits per heavy atom. The molecule has 0 bridgehead atoms. The van der Waals surface area contributed by atoms with Gasteiger partial charge in [-0.25, -0.2) is 0 Å². The second-order valence-electron chi connectivity index (χ2n) is 3.58. The summed E-state index contributed by atoms with van der Waals surface area (Å²) in [5.41, 5.74) is 1.10. The van der Waals surface area contributed by atoms with Crippen LogP contribution in [-0.2, 0) is 0 Å². The van der Waals surface area contributed by atoms with E-state index in [4.69, 9.17) is 0 Å². The molecule has 2 heterocycles. The van der Waals surface area contributed by atoms with E-state index in [2.05, 4.69) is 12.2 Å². The number of nitrogens with one attached hydrogen (secondary N) is 1. The smallest absolute Gasteiger partial charge is 0.0953 e. The van der Waals surface area contributed by atoms with Crippen molar-refractivity contribution >= 4 is 11.3 Å². The van der Waals surface area contributed by atoms with Crippen LogP contribution in [0.3, 0.4) is 0 Å². The Labute approximate surface area is 82.6 Å². The molecule has 13 heavy (non-hydrogen) atoms. The first-order valence-electron chi connectivity index (χ1n) is 4.74. The first-order valence-corrected chi connectivity index (χ1v) is 5.62. The van der Waals surface area contributed by atoms with Crippen LogP contribution in [0.1, 0.15) is 29.4 Å². The van der Waals surface area contributed by atoms with Crippen molar-refractivity contribution in [3.63, 3.8) is 0 Å². The molecule has 2 N–H and O–H groups in total. The normalized spacial score (nSPS) is 24.9. The van der Waals surface area contributed by atoms with Crippen molar-refractivity contribution in [1.82, 2.24) is 5.32 Å². The van der Waals surface area contributed by atoms with E-state index in [-0.39, 0.29) is 12.1 Å². The topological polar surface area (TPSA) is 32.3 Å². The van der Waals surface area contributed by atoms with Crippen LogP contribution in [0.5, 0.6) is 0 Å². The maximum absolute atomic E-state index is 10.0. The molecule has 0 radical (unpaired) electrons. The summed E-state index contributed by atoms with van der Waals surface area (Å²) >= 11 is 1.70. The molecule has 3 heteroatoms. The highest BCUT2D eigenvalue weighted by Gasteiger charge is 2.25. The molecule has 0 spiro atoms. The molecule has 0 saturated carbocycles. The summed E-state index contributed by atoms with van der Waals surface area (Å²) in [6.07, 6.45) is 1.97. The van der Waals surface area contributed by atoms with Crippen molar-refractivity contribution in [2.24, 2.45) is 0 Å². The lowest BCUT2D eigenvalue weighted by atomic mass is 10.0. The first-order chi connectivity index (χ1) is 6.29. The first kappa shape index (κ1) is 9.19. The van der Waals surface area contributed by atoms with Crippen molar-refractivity contribution in [1.29, 1.82) is 0 Å². The van der Waals surface area contributed by atoms with E-state index in [9.17, 15) is 5.11 Å². The van der Waals surface area contributed by atoms with Crippen LogP contribution in [0, 0.1) is 6.92 Å². The molecule has 2 atom stereocenters. The Balaban J connectivity index is 2.12. The second-order valence-corrected chi connectivity index (χ2v) is 4.70. The molecule has 2 rings (SSSR count). The van der Waals surface area contributed by atoms with Crippen LogP contribution in [0.4, 0.5) is 0 Å². The van der Waals surface area contributed by atoms with Crippen molar-refractivity contribution < 1.29 is 5.11 Å². The van der Waals surface area contributed by atoms with Gasteiger partial charge in [0.15, 0.2) is 0 Å². The van der Waals surface area contributed by atoms with Crippen LogP contribution in [0.25, 0.3) is 0 Å². The highest BCUT2D eigenvalue weighted by molar-refractivity contribution is 7.10. The molecule has 1 aromatic rings. The van der Waals surface area contributed by atoms with E-state index in [1.54, 1.807) is 11.3 Å². The van der Waals surface area contributed by atoms with E-state index < -0.39 is 0 Å². The summed E-state index contributed by atoms with van der Waals surface area (Å²) in [5, 5.41) is 15.4. The third kappa shape index (κ3) is 1.77. The van der Waals surface area contributed by atoms with Gasteiger partial charge in [-0.05, 0) is 43.3 Å². The number of aliphatic hydroxyl groups is 1. The predicted octanol–water partition coefficient (Wildman–Crippen LogP) is 1.84. The van der Waals surface area contributed by atoms with Crippen molar-refractivity contribution in [2.75, 3.05) is 6.54 Å². The van der Waals surface area contributed by atoms with Crippen molar-refractivity contribution in [3.05, 3.63) is 21.9 Å². The largest absolute Gasteiger partial charge is 0.387 e. The summed E-state index contributed by atoms with van der Waals surface area (Å²) in [7, 11) is 0. The lowest BCUT2D eigenvalue weighted by Crippen LogP contribution is -2.28. The predicted molar refractivity (Wildman–Crippen MR) is 55.0 cm³/mol. The van der Waals surface area contributed by atoms with E-state index in [0.29, 0.717) is 0 Å². The van der Waals surface area contributed by atoms with Gasteiger partial charge in [-0.2, -0.15) is 0 Å². The van der Waals surface area contributed by atoms with Gasteiger partial charge in [0.1, 0.15) is 0 Å². The fourth-order valence-corrected chi connectivity index (χ4v) is 2.64. The molecule has 0 aliphatic carbocycles. The number of thiophene rings is 1. The zero-order valence-corrected chi connectivity index (χ0v) is 8.60. The van der Waals surface area contributed by atoms with E-state index in [1.165, 1.54) is 11.3 Å². The zero-order valence-electron chi connectivity index (χ0n) is 7.79. The maximum Gasteiger partial charge on any atom is 0.0953 e. The van der Waals surface area contributed by atoms with Gasteiger partial charge in [0.2, 0.25) is 0 Å². The molecule has 1 unspecified atom stereocenters. The van der Waals surface area contributed by atoms with Crippen LogP contribution in [-0.4, -0.2) is 17.7 Å². The van der Waals surface area contributed by atoms with Crippen LogP contribution in [0.2, 0.25) is 0 Å². The van der Waals surface area contributed by atoms with Crippen molar-refractivity contribution in [2.45, 2.75) is 31.9 Å². The number of aliphatic hydroxyl groups excluding tert-OH is 1. The van der Waals surface area contributed by atoms with Gasteiger partial charge in [-0.1, -0.05) is 0 Å². The highest BCUT2D eigenvalue weighted by Crippen LogP contribution is 2.28. The average Bonchev–Trinajstić information content (AvgIpc) is 2.72. The number of hydrogen-bond acceptors (Lipinski definition) is 3. The molecule has 2 nitrogen and oxygen atoms in total. The molecule has 72 valence electrons. The summed E-state index contributed by atoms with van der Waals surface area (Å²) in [6.45, 7) is 3.11. The fourth-order valence-electron chi connectivity index (χ4n) is 1.90. The quantitative estimate of drug-likeness (QED) is 0.758. The Kier molecular flexibility index (Phi) is 2.67. The fraction of sp³-hybridized carbons (Fsp3) is 0.600. The zero-order chi connectivity index (χ0) is 9.26. The summed E-state index contributed by atoms with van der Waals surface area (Å²) in [4.78, 5) is 1.24. The highest BCUT2D eigenvalue weighted by atomic mass is 32.1. The SMILES string of the molecule is Cc1sccc1C(O)[C@H]1CCCN1. The van der Waals surface area contributed by atoms with Gasteiger partial charge in [0.05, 0.1) is 6.10 Å². The molecule has 1 aliphatic rings. The van der Waals surface area contributed by atoms with E-state index in [1.807, 2.05) is 11.4 Å². The molecular weight excluding hydrogens is 182 g/mol. The molecule has 0 aromatic carbocycles. The Bertz CT molecular complexity index is 278. The van der Waals surface area contributed by atoms with Crippen LogP contribution in [0.15, 0.2) is 11.4 Å². The van der Waals surface area contributed by atoms with E-state index in [0.717, 1.165) is 18.5 Å². The third-order valence-corrected chi connectivity index (χ3v) is 3.56. The Morgan fingerprint density at radius 2 is 2.54 bits per heavy atom. The average molecular weight is 197 g/mol. The lowest BCUT2D eigenvalue weighted by molar-refractivity contribution is 0.137. The summed E-state index contributed by atoms with van der Waals surface area (Å²) in [6, 6.07) is 2.30. The Morgan fingerprint density at radius 3 is 3.08 bits per heavy atom. The molecule has 1 fully saturated rings. The van der Waals surface area contributed by atoms with Crippen LogP contribution < -0.4 is 5.32 Å². The maximum atomic E-state index is 10.0. The molecular formula is C10H15NOS. The second kappa shape index (κ2) is 3.78. The van der Waals surface area contributed by atoms with Gasteiger partial charge in [-0.3, -0.25) is 0 Å². The van der Waals surface area contributed by atoms with Crippen LogP contribution >= 0.6 is 11.3 Å². The van der Waals surface area contributed by atoms with Gasteiger partial charge in [0, 0.05) is 10.9 Å². The van der Waals surface area contributed by atoms with Crippen molar-refractivity contribution in [3.8, 4) is 0 Å². The monoisotopic (exact) mass is 197 g/mol. The minimum atomic E-state index is -0.311. The lowest BCUT2D eigenvalue weighted by Gasteiger charge is -2.18. The van der Waals surface area contributed by atoms with Gasteiger partial charge < -0.3 is 10.4 Å². The van der Waals surface area contributed by atoms with Gasteiger partial charge in [0.25, 0.3) is 0 Å². The molecule has 0 amide bonds. The minimum absolute atomic E-state index is 0.272. The summed E-state index contributed by atoms with van der Waals surface area (Å²) in [5.74, 6) is 0. The summed E-state index contributed by atoms with van der Waals surface area (Å²) < 4.78 is 0. The number of aryl methyl sites for hydroxylation is 1.